The number of carboxylic acid groups (broad SMARTS) is 1. The Hall–Kier alpha value is -0.480. The molecule has 1 N–H and O–H groups in total. The number of methoxy groups -OCH3 is 1. The Bertz CT molecular complexity index is 348. The van der Waals surface area contributed by atoms with Gasteiger partial charge in [-0.3, -0.25) is 4.79 Å². The van der Waals surface area contributed by atoms with Crippen LogP contribution in [-0.4, -0.2) is 24.8 Å². The number of aliphatic carboxylic acids is 1. The SMILES string of the molecule is COCC(C(=O)O)c1cc(Cl)cc(Cl)c1.Cl. The van der Waals surface area contributed by atoms with Gasteiger partial charge in [0.1, 0.15) is 5.92 Å². The Balaban J connectivity index is 0.00000225. The molecule has 1 rings (SSSR count). The van der Waals surface area contributed by atoms with E-state index in [2.05, 4.69) is 0 Å². The van der Waals surface area contributed by atoms with Crippen LogP contribution in [0.1, 0.15) is 11.5 Å². The molecule has 6 heteroatoms. The van der Waals surface area contributed by atoms with Crippen molar-refractivity contribution in [3.05, 3.63) is 33.8 Å². The monoisotopic (exact) mass is 284 g/mol. The highest BCUT2D eigenvalue weighted by atomic mass is 35.5. The Labute approximate surface area is 110 Å². The van der Waals surface area contributed by atoms with E-state index in [9.17, 15) is 4.79 Å². The predicted octanol–water partition coefficient (Wildman–Crippen LogP) is 3.23. The molecule has 0 aliphatic heterocycles. The summed E-state index contributed by atoms with van der Waals surface area (Å²) in [7, 11) is 1.45. The van der Waals surface area contributed by atoms with E-state index in [1.165, 1.54) is 7.11 Å². The molecule has 0 aromatic heterocycles. The maximum absolute atomic E-state index is 10.9. The van der Waals surface area contributed by atoms with Gasteiger partial charge >= 0.3 is 5.97 Å². The number of ether oxygens (including phenoxy) is 1. The molecular formula is C10H11Cl3O3. The summed E-state index contributed by atoms with van der Waals surface area (Å²) in [5.41, 5.74) is 0.543. The summed E-state index contributed by atoms with van der Waals surface area (Å²) >= 11 is 11.6. The summed E-state index contributed by atoms with van der Waals surface area (Å²) in [5.74, 6) is -1.71. The van der Waals surface area contributed by atoms with Gasteiger partial charge in [0.05, 0.1) is 6.61 Å². The van der Waals surface area contributed by atoms with E-state index in [0.29, 0.717) is 15.6 Å². The summed E-state index contributed by atoms with van der Waals surface area (Å²) in [4.78, 5) is 10.9. The van der Waals surface area contributed by atoms with Crippen molar-refractivity contribution in [3.63, 3.8) is 0 Å². The lowest BCUT2D eigenvalue weighted by molar-refractivity contribution is -0.140. The quantitative estimate of drug-likeness (QED) is 0.924. The normalized spacial score (nSPS) is 11.7. The van der Waals surface area contributed by atoms with Crippen molar-refractivity contribution in [3.8, 4) is 0 Å². The van der Waals surface area contributed by atoms with Gasteiger partial charge in [-0.25, -0.2) is 0 Å². The Morgan fingerprint density at radius 3 is 2.25 bits per heavy atom. The Morgan fingerprint density at radius 1 is 1.38 bits per heavy atom. The van der Waals surface area contributed by atoms with Crippen LogP contribution < -0.4 is 0 Å². The molecule has 0 bridgehead atoms. The topological polar surface area (TPSA) is 46.5 Å². The molecule has 0 amide bonds. The minimum Gasteiger partial charge on any atom is -0.481 e. The molecule has 0 heterocycles. The van der Waals surface area contributed by atoms with Crippen LogP contribution in [-0.2, 0) is 9.53 Å². The lowest BCUT2D eigenvalue weighted by Crippen LogP contribution is -2.16. The van der Waals surface area contributed by atoms with Crippen molar-refractivity contribution < 1.29 is 14.6 Å². The van der Waals surface area contributed by atoms with E-state index in [-0.39, 0.29) is 19.0 Å². The molecule has 0 fully saturated rings. The predicted molar refractivity (Wildman–Crippen MR) is 66.0 cm³/mol. The van der Waals surface area contributed by atoms with Crippen LogP contribution in [0, 0.1) is 0 Å². The van der Waals surface area contributed by atoms with E-state index >= 15 is 0 Å². The zero-order valence-electron chi connectivity index (χ0n) is 8.44. The van der Waals surface area contributed by atoms with Gasteiger partial charge in [-0.1, -0.05) is 23.2 Å². The number of rotatable bonds is 4. The van der Waals surface area contributed by atoms with E-state index in [4.69, 9.17) is 33.0 Å². The average molecular weight is 286 g/mol. The fourth-order valence-electron chi connectivity index (χ4n) is 1.25. The first-order valence-corrected chi connectivity index (χ1v) is 4.98. The van der Waals surface area contributed by atoms with Crippen LogP contribution in [0.4, 0.5) is 0 Å². The zero-order valence-corrected chi connectivity index (χ0v) is 10.8. The molecule has 0 saturated heterocycles. The summed E-state index contributed by atoms with van der Waals surface area (Å²) in [5, 5.41) is 9.81. The van der Waals surface area contributed by atoms with Crippen LogP contribution in [0.5, 0.6) is 0 Å². The van der Waals surface area contributed by atoms with E-state index in [0.717, 1.165) is 0 Å². The molecule has 1 unspecified atom stereocenters. The minimum atomic E-state index is -0.963. The number of hydrogen-bond donors (Lipinski definition) is 1. The molecule has 3 nitrogen and oxygen atoms in total. The van der Waals surface area contributed by atoms with Crippen molar-refractivity contribution in [1.29, 1.82) is 0 Å². The number of carbonyl (C=O) groups is 1. The van der Waals surface area contributed by atoms with Gasteiger partial charge in [0, 0.05) is 17.2 Å². The third kappa shape index (κ3) is 4.18. The molecule has 0 radical (unpaired) electrons. The van der Waals surface area contributed by atoms with Crippen molar-refractivity contribution >= 4 is 41.6 Å². The fourth-order valence-corrected chi connectivity index (χ4v) is 1.80. The van der Waals surface area contributed by atoms with Crippen LogP contribution in [0.2, 0.25) is 10.0 Å². The molecule has 16 heavy (non-hydrogen) atoms. The number of hydrogen-bond acceptors (Lipinski definition) is 2. The van der Waals surface area contributed by atoms with Gasteiger partial charge < -0.3 is 9.84 Å². The third-order valence-electron chi connectivity index (χ3n) is 1.92. The van der Waals surface area contributed by atoms with E-state index < -0.39 is 11.9 Å². The second-order valence-electron chi connectivity index (χ2n) is 3.05. The number of benzene rings is 1. The van der Waals surface area contributed by atoms with Crippen molar-refractivity contribution in [2.24, 2.45) is 0 Å². The lowest BCUT2D eigenvalue weighted by Gasteiger charge is -2.12. The fraction of sp³-hybridized carbons (Fsp3) is 0.300. The standard InChI is InChI=1S/C10H10Cl2O3.ClH/c1-15-5-9(10(13)14)6-2-7(11)4-8(12)3-6;/h2-4,9H,5H2,1H3,(H,13,14);1H. The molecule has 1 aromatic carbocycles. The van der Waals surface area contributed by atoms with Crippen molar-refractivity contribution in [1.82, 2.24) is 0 Å². The van der Waals surface area contributed by atoms with Gasteiger partial charge in [-0.05, 0) is 23.8 Å². The van der Waals surface area contributed by atoms with Crippen LogP contribution in [0.15, 0.2) is 18.2 Å². The summed E-state index contributed by atoms with van der Waals surface area (Å²) < 4.78 is 4.83. The molecule has 90 valence electrons. The number of halogens is 3. The van der Waals surface area contributed by atoms with E-state index in [1.807, 2.05) is 0 Å². The average Bonchev–Trinajstić information content (AvgIpc) is 2.11. The highest BCUT2D eigenvalue weighted by Crippen LogP contribution is 2.25. The van der Waals surface area contributed by atoms with Crippen LogP contribution in [0.25, 0.3) is 0 Å². The van der Waals surface area contributed by atoms with Gasteiger partial charge in [0.25, 0.3) is 0 Å². The maximum atomic E-state index is 10.9. The summed E-state index contributed by atoms with van der Waals surface area (Å²) in [6, 6.07) is 4.70. The first-order chi connectivity index (χ1) is 7.04. The van der Waals surface area contributed by atoms with E-state index in [1.54, 1.807) is 18.2 Å². The molecule has 0 aliphatic carbocycles. The second-order valence-corrected chi connectivity index (χ2v) is 3.92. The van der Waals surface area contributed by atoms with Crippen molar-refractivity contribution in [2.45, 2.75) is 5.92 Å². The Kier molecular flexibility index (Phi) is 6.76. The van der Waals surface area contributed by atoms with Gasteiger partial charge in [0.2, 0.25) is 0 Å². The smallest absolute Gasteiger partial charge is 0.313 e. The first kappa shape index (κ1) is 15.5. The molecule has 0 spiro atoms. The molecule has 1 atom stereocenters. The van der Waals surface area contributed by atoms with Crippen LogP contribution in [0.3, 0.4) is 0 Å². The third-order valence-corrected chi connectivity index (χ3v) is 2.36. The van der Waals surface area contributed by atoms with Gasteiger partial charge in [-0.2, -0.15) is 0 Å². The molecule has 0 aliphatic rings. The number of carboxylic acids is 1. The molecular weight excluding hydrogens is 274 g/mol. The van der Waals surface area contributed by atoms with Gasteiger partial charge in [0.15, 0.2) is 0 Å². The second kappa shape index (κ2) is 6.97. The minimum absolute atomic E-state index is 0. The highest BCUT2D eigenvalue weighted by molar-refractivity contribution is 6.34. The maximum Gasteiger partial charge on any atom is 0.313 e. The summed E-state index contributed by atoms with van der Waals surface area (Å²) in [6.45, 7) is 0.0893. The summed E-state index contributed by atoms with van der Waals surface area (Å²) in [6.07, 6.45) is 0. The van der Waals surface area contributed by atoms with Crippen LogP contribution >= 0.6 is 35.6 Å². The lowest BCUT2D eigenvalue weighted by atomic mass is 10.0. The first-order valence-electron chi connectivity index (χ1n) is 4.22. The highest BCUT2D eigenvalue weighted by Gasteiger charge is 2.20. The Morgan fingerprint density at radius 2 is 1.88 bits per heavy atom. The van der Waals surface area contributed by atoms with Crippen molar-refractivity contribution in [2.75, 3.05) is 13.7 Å². The molecule has 1 aromatic rings. The zero-order chi connectivity index (χ0) is 11.4. The largest absolute Gasteiger partial charge is 0.481 e. The molecule has 0 saturated carbocycles. The van der Waals surface area contributed by atoms with Gasteiger partial charge in [-0.15, -0.1) is 12.4 Å².